The number of carbonyl (C=O) groups excluding carboxylic acids is 1. The van der Waals surface area contributed by atoms with Crippen LogP contribution in [-0.4, -0.2) is 23.7 Å². The van der Waals surface area contributed by atoms with Gasteiger partial charge < -0.3 is 5.11 Å². The molecule has 0 aliphatic carbocycles. The lowest BCUT2D eigenvalue weighted by Gasteiger charge is -2.00. The molecule has 4 nitrogen and oxygen atoms in total. The van der Waals surface area contributed by atoms with Gasteiger partial charge in [-0.3, -0.25) is 4.79 Å². The van der Waals surface area contributed by atoms with Crippen LogP contribution in [0.15, 0.2) is 4.99 Å². The lowest BCUT2D eigenvalue weighted by molar-refractivity contribution is -0.137. The van der Waals surface area contributed by atoms with E-state index >= 15 is 0 Å². The number of aliphatic imine (C=N–C) groups is 1. The Morgan fingerprint density at radius 3 is 1.94 bits per heavy atom. The van der Waals surface area contributed by atoms with Crippen LogP contribution in [0, 0.1) is 0 Å². The van der Waals surface area contributed by atoms with Crippen molar-refractivity contribution in [3.8, 4) is 0 Å². The molecule has 0 atom stereocenters. The highest BCUT2D eigenvalue weighted by molar-refractivity contribution is 5.66. The zero-order valence-corrected chi connectivity index (χ0v) is 9.78. The molecule has 1 N–H and O–H groups in total. The Kier molecular flexibility index (Phi) is 11.1. The van der Waals surface area contributed by atoms with Gasteiger partial charge in [0.05, 0.1) is 6.54 Å². The molecule has 0 rings (SSSR count). The summed E-state index contributed by atoms with van der Waals surface area (Å²) < 4.78 is 0. The summed E-state index contributed by atoms with van der Waals surface area (Å²) in [5.41, 5.74) is 0. The fourth-order valence-corrected chi connectivity index (χ4v) is 1.57. The highest BCUT2D eigenvalue weighted by Crippen LogP contribution is 2.09. The van der Waals surface area contributed by atoms with Crippen LogP contribution in [0.25, 0.3) is 0 Å². The Hall–Kier alpha value is -1.15. The van der Waals surface area contributed by atoms with E-state index in [-0.39, 0.29) is 0 Å². The fourth-order valence-electron chi connectivity index (χ4n) is 1.57. The van der Waals surface area contributed by atoms with Crippen LogP contribution in [-0.2, 0) is 9.59 Å². The van der Waals surface area contributed by atoms with E-state index in [1.165, 1.54) is 25.3 Å². The van der Waals surface area contributed by atoms with Crippen LogP contribution in [0.4, 0.5) is 0 Å². The summed E-state index contributed by atoms with van der Waals surface area (Å²) in [5.74, 6) is -0.698. The van der Waals surface area contributed by atoms with Crippen LogP contribution in [0.2, 0.25) is 0 Å². The first kappa shape index (κ1) is 14.8. The maximum absolute atomic E-state index is 10.2. The third kappa shape index (κ3) is 12.8. The molecule has 0 unspecified atom stereocenters. The normalized spacial score (nSPS) is 9.75. The number of aliphatic carboxylic acids is 1. The Morgan fingerprint density at radius 2 is 1.44 bits per heavy atom. The standard InChI is InChI=1S/C12H21NO3/c14-11-13-10-8-6-4-2-1-3-5-7-9-12(15)16/h1-10H2,(H,15,16). The summed E-state index contributed by atoms with van der Waals surface area (Å²) in [4.78, 5) is 23.5. The van der Waals surface area contributed by atoms with Gasteiger partial charge in [-0.05, 0) is 12.8 Å². The molecule has 0 aromatic heterocycles. The second-order valence-corrected chi connectivity index (χ2v) is 3.95. The first-order chi connectivity index (χ1) is 7.77. The van der Waals surface area contributed by atoms with Crippen LogP contribution in [0.3, 0.4) is 0 Å². The fraction of sp³-hybridized carbons (Fsp3) is 0.833. The van der Waals surface area contributed by atoms with E-state index in [1.807, 2.05) is 0 Å². The molecule has 0 amide bonds. The van der Waals surface area contributed by atoms with E-state index in [0.29, 0.717) is 13.0 Å². The maximum atomic E-state index is 10.2. The van der Waals surface area contributed by atoms with Gasteiger partial charge in [0, 0.05) is 6.42 Å². The second kappa shape index (κ2) is 11.9. The van der Waals surface area contributed by atoms with Gasteiger partial charge in [-0.1, -0.05) is 38.5 Å². The monoisotopic (exact) mass is 227 g/mol. The molecule has 4 heteroatoms. The minimum absolute atomic E-state index is 0.295. The van der Waals surface area contributed by atoms with Gasteiger partial charge in [-0.25, -0.2) is 9.79 Å². The molecule has 0 radical (unpaired) electrons. The summed E-state index contributed by atoms with van der Waals surface area (Å²) in [7, 11) is 0. The summed E-state index contributed by atoms with van der Waals surface area (Å²) >= 11 is 0. The van der Waals surface area contributed by atoms with Crippen LogP contribution in [0.1, 0.15) is 57.8 Å². The van der Waals surface area contributed by atoms with E-state index in [9.17, 15) is 9.59 Å². The van der Waals surface area contributed by atoms with Crippen molar-refractivity contribution in [2.45, 2.75) is 57.8 Å². The molecule has 0 aliphatic rings. The van der Waals surface area contributed by atoms with E-state index in [1.54, 1.807) is 0 Å². The predicted molar refractivity (Wildman–Crippen MR) is 62.2 cm³/mol. The van der Waals surface area contributed by atoms with Gasteiger partial charge in [0.2, 0.25) is 6.08 Å². The van der Waals surface area contributed by atoms with Gasteiger partial charge in [0.15, 0.2) is 0 Å². The Labute approximate surface area is 96.8 Å². The zero-order valence-electron chi connectivity index (χ0n) is 9.78. The quantitative estimate of drug-likeness (QED) is 0.335. The molecule has 92 valence electrons. The molecular weight excluding hydrogens is 206 g/mol. The number of hydrogen-bond acceptors (Lipinski definition) is 3. The third-order valence-electron chi connectivity index (χ3n) is 2.48. The van der Waals surface area contributed by atoms with Crippen molar-refractivity contribution < 1.29 is 14.7 Å². The van der Waals surface area contributed by atoms with E-state index in [4.69, 9.17) is 5.11 Å². The molecule has 0 saturated heterocycles. The average Bonchev–Trinajstić information content (AvgIpc) is 2.25. The average molecular weight is 227 g/mol. The van der Waals surface area contributed by atoms with Crippen LogP contribution >= 0.6 is 0 Å². The lowest BCUT2D eigenvalue weighted by Crippen LogP contribution is -1.93. The molecule has 0 saturated carbocycles. The second-order valence-electron chi connectivity index (χ2n) is 3.95. The summed E-state index contributed by atoms with van der Waals surface area (Å²) in [6, 6.07) is 0. The zero-order chi connectivity index (χ0) is 12.1. The van der Waals surface area contributed by atoms with Crippen molar-refractivity contribution in [1.29, 1.82) is 0 Å². The SMILES string of the molecule is O=C=NCCCCCCCCCCC(=O)O. The molecule has 0 aromatic rings. The first-order valence-corrected chi connectivity index (χ1v) is 6.03. The molecule has 0 fully saturated rings. The van der Waals surface area contributed by atoms with Gasteiger partial charge in [-0.15, -0.1) is 0 Å². The Morgan fingerprint density at radius 1 is 0.938 bits per heavy atom. The van der Waals surface area contributed by atoms with Crippen molar-refractivity contribution in [1.82, 2.24) is 0 Å². The van der Waals surface area contributed by atoms with Crippen molar-refractivity contribution in [2.24, 2.45) is 4.99 Å². The van der Waals surface area contributed by atoms with E-state index in [2.05, 4.69) is 4.99 Å². The summed E-state index contributed by atoms with van der Waals surface area (Å²) in [6.07, 6.45) is 10.4. The highest BCUT2D eigenvalue weighted by atomic mass is 16.4. The minimum atomic E-state index is -0.698. The third-order valence-corrected chi connectivity index (χ3v) is 2.48. The first-order valence-electron chi connectivity index (χ1n) is 6.03. The molecule has 0 bridgehead atoms. The summed E-state index contributed by atoms with van der Waals surface area (Å²) in [6.45, 7) is 0.599. The van der Waals surface area contributed by atoms with Gasteiger partial charge in [0.1, 0.15) is 0 Å². The number of unbranched alkanes of at least 4 members (excludes halogenated alkanes) is 7. The predicted octanol–water partition coefficient (Wildman–Crippen LogP) is 2.92. The number of carboxylic acid groups (broad SMARTS) is 1. The molecule has 0 heterocycles. The Balaban J connectivity index is 2.98. The number of carboxylic acids is 1. The van der Waals surface area contributed by atoms with Crippen LogP contribution < -0.4 is 0 Å². The van der Waals surface area contributed by atoms with Gasteiger partial charge in [0.25, 0.3) is 0 Å². The maximum Gasteiger partial charge on any atom is 0.303 e. The Bertz CT molecular complexity index is 212. The number of rotatable bonds is 11. The lowest BCUT2D eigenvalue weighted by atomic mass is 10.1. The van der Waals surface area contributed by atoms with E-state index < -0.39 is 5.97 Å². The molecule has 0 spiro atoms. The minimum Gasteiger partial charge on any atom is -0.481 e. The van der Waals surface area contributed by atoms with Gasteiger partial charge in [-0.2, -0.15) is 0 Å². The number of hydrogen-bond donors (Lipinski definition) is 1. The number of isocyanates is 1. The van der Waals surface area contributed by atoms with Crippen LogP contribution in [0.5, 0.6) is 0 Å². The smallest absolute Gasteiger partial charge is 0.303 e. The van der Waals surface area contributed by atoms with Crippen molar-refractivity contribution in [3.63, 3.8) is 0 Å². The molecule has 0 aromatic carbocycles. The number of carbonyl (C=O) groups is 1. The summed E-state index contributed by atoms with van der Waals surface area (Å²) in [5, 5.41) is 8.42. The molecular formula is C12H21NO3. The van der Waals surface area contributed by atoms with E-state index in [0.717, 1.165) is 32.1 Å². The topological polar surface area (TPSA) is 66.7 Å². The highest BCUT2D eigenvalue weighted by Gasteiger charge is 1.96. The van der Waals surface area contributed by atoms with Crippen molar-refractivity contribution in [2.75, 3.05) is 6.54 Å². The molecule has 0 aliphatic heterocycles. The van der Waals surface area contributed by atoms with Crippen molar-refractivity contribution in [3.05, 3.63) is 0 Å². The molecule has 16 heavy (non-hydrogen) atoms. The number of nitrogens with zero attached hydrogens (tertiary/aromatic N) is 1. The largest absolute Gasteiger partial charge is 0.481 e. The van der Waals surface area contributed by atoms with Crippen molar-refractivity contribution >= 4 is 12.0 Å². The van der Waals surface area contributed by atoms with Gasteiger partial charge >= 0.3 is 5.97 Å².